The maximum Gasteiger partial charge on any atom is 0.269 e. The van der Waals surface area contributed by atoms with Gasteiger partial charge in [-0.05, 0) is 42.8 Å². The van der Waals surface area contributed by atoms with E-state index in [0.29, 0.717) is 38.8 Å². The van der Waals surface area contributed by atoms with Crippen LogP contribution in [0.5, 0.6) is 5.75 Å². The van der Waals surface area contributed by atoms with Crippen molar-refractivity contribution in [1.29, 1.82) is 0 Å². The summed E-state index contributed by atoms with van der Waals surface area (Å²) in [6, 6.07) is 17.7. The summed E-state index contributed by atoms with van der Waals surface area (Å²) in [5.74, 6) is 0.560. The van der Waals surface area contributed by atoms with Crippen LogP contribution in [0.2, 0.25) is 0 Å². The fraction of sp³-hybridized carbons (Fsp3) is 0.103. The molecule has 9 nitrogen and oxygen atoms in total. The van der Waals surface area contributed by atoms with Crippen LogP contribution in [0.3, 0.4) is 0 Å². The number of pyridine rings is 1. The van der Waals surface area contributed by atoms with Gasteiger partial charge >= 0.3 is 0 Å². The van der Waals surface area contributed by atoms with E-state index in [-0.39, 0.29) is 17.1 Å². The summed E-state index contributed by atoms with van der Waals surface area (Å²) >= 11 is 1.37. The average Bonchev–Trinajstić information content (AvgIpc) is 3.70. The molecule has 0 unspecified atom stereocenters. The van der Waals surface area contributed by atoms with Gasteiger partial charge in [-0.3, -0.25) is 9.97 Å². The minimum absolute atomic E-state index is 0.0682. The molecule has 1 aliphatic heterocycles. The largest absolute Gasteiger partial charge is 0.488 e. The lowest BCUT2D eigenvalue weighted by Crippen LogP contribution is -2.29. The van der Waals surface area contributed by atoms with Crippen molar-refractivity contribution in [2.75, 3.05) is 6.61 Å². The standard InChI is InChI=1S/C29H21N5O4S2/c1-18-7-9-21(10-8-18)40(36,37)34-15-22(25-27(34)32-13-12-30-25)28-33-23(16-39-28)19-4-2-5-20(14-19)29(35)17-38-24-6-3-11-31-26(24)29/h2-16,35H,17H2,1H3/t29-/m1/s1. The highest BCUT2D eigenvalue weighted by Crippen LogP contribution is 2.41. The van der Waals surface area contributed by atoms with Gasteiger partial charge in [0.25, 0.3) is 10.0 Å². The lowest BCUT2D eigenvalue weighted by atomic mass is 9.90. The van der Waals surface area contributed by atoms with Crippen molar-refractivity contribution in [3.63, 3.8) is 0 Å². The lowest BCUT2D eigenvalue weighted by molar-refractivity contribution is 0.0532. The zero-order valence-electron chi connectivity index (χ0n) is 21.1. The molecule has 0 aliphatic carbocycles. The first-order valence-electron chi connectivity index (χ1n) is 12.4. The van der Waals surface area contributed by atoms with E-state index in [4.69, 9.17) is 9.72 Å². The number of thiazole rings is 1. The summed E-state index contributed by atoms with van der Waals surface area (Å²) in [5.41, 5.74) is 3.40. The van der Waals surface area contributed by atoms with Gasteiger partial charge in [0.2, 0.25) is 0 Å². The molecule has 198 valence electrons. The summed E-state index contributed by atoms with van der Waals surface area (Å²) in [6.45, 7) is 1.97. The Hall–Kier alpha value is -4.45. The number of hydrogen-bond donors (Lipinski definition) is 1. The molecule has 0 fully saturated rings. The Morgan fingerprint density at radius 2 is 1.82 bits per heavy atom. The van der Waals surface area contributed by atoms with Crippen molar-refractivity contribution in [2.24, 2.45) is 0 Å². The third kappa shape index (κ3) is 3.81. The molecule has 11 heteroatoms. The number of aryl methyl sites for hydroxylation is 1. The highest BCUT2D eigenvalue weighted by Gasteiger charge is 2.42. The number of aromatic nitrogens is 5. The van der Waals surface area contributed by atoms with Crippen LogP contribution < -0.4 is 4.74 Å². The lowest BCUT2D eigenvalue weighted by Gasteiger charge is -2.21. The van der Waals surface area contributed by atoms with E-state index >= 15 is 0 Å². The van der Waals surface area contributed by atoms with E-state index in [2.05, 4.69) is 15.0 Å². The zero-order chi connectivity index (χ0) is 27.5. The van der Waals surface area contributed by atoms with Crippen LogP contribution >= 0.6 is 11.3 Å². The fourth-order valence-corrected chi connectivity index (χ4v) is 6.99. The Kier molecular flexibility index (Phi) is 5.56. The SMILES string of the molecule is Cc1ccc(S(=O)(=O)n2cc(-c3nc(-c4cccc([C@]5(O)COc6cccnc65)c4)cs3)c3nccnc32)cc1. The zero-order valence-corrected chi connectivity index (χ0v) is 22.7. The summed E-state index contributed by atoms with van der Waals surface area (Å²) < 4.78 is 34.0. The van der Waals surface area contributed by atoms with E-state index in [1.54, 1.807) is 42.6 Å². The van der Waals surface area contributed by atoms with E-state index in [1.807, 2.05) is 36.6 Å². The summed E-state index contributed by atoms with van der Waals surface area (Å²) in [5, 5.41) is 14.0. The molecule has 40 heavy (non-hydrogen) atoms. The Balaban J connectivity index is 1.29. The average molecular weight is 568 g/mol. The van der Waals surface area contributed by atoms with Crippen molar-refractivity contribution in [1.82, 2.24) is 23.9 Å². The molecule has 0 saturated heterocycles. The van der Waals surface area contributed by atoms with E-state index in [9.17, 15) is 13.5 Å². The number of aliphatic hydroxyl groups is 1. The summed E-state index contributed by atoms with van der Waals surface area (Å²) in [6.07, 6.45) is 6.16. The molecule has 1 N–H and O–H groups in total. The second kappa shape index (κ2) is 9.05. The van der Waals surface area contributed by atoms with Crippen LogP contribution in [0.25, 0.3) is 33.0 Å². The van der Waals surface area contributed by atoms with Crippen molar-refractivity contribution >= 4 is 32.5 Å². The van der Waals surface area contributed by atoms with Gasteiger partial charge in [0.15, 0.2) is 11.2 Å². The molecule has 5 heterocycles. The predicted octanol–water partition coefficient (Wildman–Crippen LogP) is 4.79. The Bertz CT molecular complexity index is 2020. The highest BCUT2D eigenvalue weighted by atomic mass is 32.2. The second-order valence-corrected chi connectivity index (χ2v) is 12.2. The molecule has 0 spiro atoms. The van der Waals surface area contributed by atoms with Crippen molar-refractivity contribution in [3.8, 4) is 27.6 Å². The van der Waals surface area contributed by atoms with Crippen molar-refractivity contribution < 1.29 is 18.3 Å². The number of nitrogens with zero attached hydrogens (tertiary/aromatic N) is 5. The maximum absolute atomic E-state index is 13.6. The molecular weight excluding hydrogens is 546 g/mol. The molecule has 0 amide bonds. The van der Waals surface area contributed by atoms with Gasteiger partial charge in [0.1, 0.15) is 28.6 Å². The van der Waals surface area contributed by atoms with Gasteiger partial charge in [0.05, 0.1) is 16.2 Å². The van der Waals surface area contributed by atoms with Gasteiger partial charge in [-0.1, -0.05) is 35.9 Å². The Morgan fingerprint density at radius 1 is 1.00 bits per heavy atom. The van der Waals surface area contributed by atoms with Gasteiger partial charge in [-0.25, -0.2) is 22.4 Å². The molecule has 7 rings (SSSR count). The molecular formula is C29H21N5O4S2. The topological polar surface area (TPSA) is 120 Å². The smallest absolute Gasteiger partial charge is 0.269 e. The number of hydrogen-bond acceptors (Lipinski definition) is 9. The first-order chi connectivity index (χ1) is 19.3. The van der Waals surface area contributed by atoms with Gasteiger partial charge < -0.3 is 9.84 Å². The van der Waals surface area contributed by atoms with Gasteiger partial charge in [-0.2, -0.15) is 0 Å². The minimum Gasteiger partial charge on any atom is -0.488 e. The molecule has 0 radical (unpaired) electrons. The Labute approximate surface area is 233 Å². The van der Waals surface area contributed by atoms with Crippen LogP contribution in [0, 0.1) is 6.92 Å². The third-order valence-electron chi connectivity index (χ3n) is 6.94. The predicted molar refractivity (Wildman–Crippen MR) is 151 cm³/mol. The first kappa shape index (κ1) is 24.6. The van der Waals surface area contributed by atoms with Crippen molar-refractivity contribution in [2.45, 2.75) is 17.4 Å². The number of rotatable bonds is 5. The molecule has 0 bridgehead atoms. The number of fused-ring (bicyclic) bond motifs is 2. The van der Waals surface area contributed by atoms with Gasteiger partial charge in [0, 0.05) is 35.7 Å². The maximum atomic E-state index is 13.6. The molecule has 1 atom stereocenters. The molecule has 1 aliphatic rings. The third-order valence-corrected chi connectivity index (χ3v) is 9.48. The molecule has 2 aromatic carbocycles. The number of ether oxygens (including phenoxy) is 1. The second-order valence-electron chi connectivity index (χ2n) is 9.50. The monoisotopic (exact) mass is 567 g/mol. The van der Waals surface area contributed by atoms with Crippen LogP contribution in [-0.4, -0.2) is 44.0 Å². The number of benzene rings is 2. The fourth-order valence-electron chi connectivity index (χ4n) is 4.84. The normalized spacial score (nSPS) is 16.6. The first-order valence-corrected chi connectivity index (χ1v) is 14.7. The molecule has 6 aromatic rings. The van der Waals surface area contributed by atoms with E-state index in [0.717, 1.165) is 15.1 Å². The quantitative estimate of drug-likeness (QED) is 0.316. The van der Waals surface area contributed by atoms with E-state index in [1.165, 1.54) is 29.9 Å². The molecule has 0 saturated carbocycles. The van der Waals surface area contributed by atoms with Crippen molar-refractivity contribution in [3.05, 3.63) is 108 Å². The summed E-state index contributed by atoms with van der Waals surface area (Å²) in [4.78, 5) is 18.1. The highest BCUT2D eigenvalue weighted by molar-refractivity contribution is 7.90. The minimum atomic E-state index is -3.92. The Morgan fingerprint density at radius 3 is 2.67 bits per heavy atom. The van der Waals surface area contributed by atoms with Crippen LogP contribution in [0.15, 0.2) is 95.7 Å². The van der Waals surface area contributed by atoms with Crippen LogP contribution in [-0.2, 0) is 15.6 Å². The van der Waals surface area contributed by atoms with Crippen LogP contribution in [0.1, 0.15) is 16.8 Å². The van der Waals surface area contributed by atoms with Gasteiger partial charge in [-0.15, -0.1) is 11.3 Å². The van der Waals surface area contributed by atoms with Crippen LogP contribution in [0.4, 0.5) is 0 Å². The molecule has 4 aromatic heterocycles. The van der Waals surface area contributed by atoms with E-state index < -0.39 is 15.6 Å². The summed E-state index contributed by atoms with van der Waals surface area (Å²) in [7, 11) is -3.92.